The number of benzene rings is 6. The van der Waals surface area contributed by atoms with Gasteiger partial charge in [-0.15, -0.1) is 0 Å². The molecule has 0 fully saturated rings. The fraction of sp³-hybridized carbons (Fsp3) is 0.0909. The van der Waals surface area contributed by atoms with E-state index in [4.69, 9.17) is 0 Å². The molecule has 46 heavy (non-hydrogen) atoms. The summed E-state index contributed by atoms with van der Waals surface area (Å²) in [5.74, 6) is 0. The van der Waals surface area contributed by atoms with Crippen LogP contribution in [0.15, 0.2) is 170 Å². The number of aryl methyl sites for hydroxylation is 2. The van der Waals surface area contributed by atoms with E-state index >= 15 is 0 Å². The lowest BCUT2D eigenvalue weighted by molar-refractivity contribution is 1.09. The normalized spacial score (nSPS) is 13.5. The number of nitrogens with zero attached hydrogens (tertiary/aromatic N) is 2. The summed E-state index contributed by atoms with van der Waals surface area (Å²) in [7, 11) is 0. The summed E-state index contributed by atoms with van der Waals surface area (Å²) in [4.78, 5) is 4.79. The zero-order valence-corrected chi connectivity index (χ0v) is 26.7. The van der Waals surface area contributed by atoms with Gasteiger partial charge in [-0.2, -0.15) is 0 Å². The predicted molar refractivity (Wildman–Crippen MR) is 201 cm³/mol. The molecule has 1 aliphatic carbocycles. The van der Waals surface area contributed by atoms with Gasteiger partial charge in [0, 0.05) is 40.0 Å². The smallest absolute Gasteiger partial charge is 0.0540 e. The van der Waals surface area contributed by atoms with Crippen molar-refractivity contribution in [1.29, 1.82) is 0 Å². The third-order valence-electron chi connectivity index (χ3n) is 8.90. The third kappa shape index (κ3) is 5.22. The molecule has 6 aromatic carbocycles. The zero-order valence-electron chi connectivity index (χ0n) is 26.7. The SMILES string of the molecule is C=C/C=C\C(=C/C)N(c1ccc(C)cc1)c1ccc2ccc3c(N(C4=CC=CC=CC4)c4ccc(C)cc4)ccc4ccc1c2c43. The molecule has 6 aromatic rings. The second-order valence-corrected chi connectivity index (χ2v) is 11.9. The molecule has 0 aromatic heterocycles. The fourth-order valence-corrected chi connectivity index (χ4v) is 6.63. The third-order valence-corrected chi connectivity index (χ3v) is 8.90. The Morgan fingerprint density at radius 3 is 1.87 bits per heavy atom. The highest BCUT2D eigenvalue weighted by molar-refractivity contribution is 6.27. The quantitative estimate of drug-likeness (QED) is 0.128. The first kappa shape index (κ1) is 29.1. The average Bonchev–Trinajstić information content (AvgIpc) is 3.37. The van der Waals surface area contributed by atoms with Crippen LogP contribution in [0.3, 0.4) is 0 Å². The number of allylic oxidation sites excluding steroid dienone is 9. The van der Waals surface area contributed by atoms with Gasteiger partial charge in [0.25, 0.3) is 0 Å². The predicted octanol–water partition coefficient (Wildman–Crippen LogP) is 12.5. The van der Waals surface area contributed by atoms with E-state index in [9.17, 15) is 0 Å². The van der Waals surface area contributed by atoms with E-state index in [1.54, 1.807) is 0 Å². The van der Waals surface area contributed by atoms with Gasteiger partial charge >= 0.3 is 0 Å². The monoisotopic (exact) mass is 594 g/mol. The first-order valence-corrected chi connectivity index (χ1v) is 16.0. The number of hydrogen-bond acceptors (Lipinski definition) is 2. The van der Waals surface area contributed by atoms with Crippen molar-refractivity contribution in [2.45, 2.75) is 27.2 Å². The van der Waals surface area contributed by atoms with Gasteiger partial charge in [0.2, 0.25) is 0 Å². The van der Waals surface area contributed by atoms with E-state index in [1.165, 1.54) is 54.8 Å². The number of rotatable bonds is 8. The Bertz CT molecular complexity index is 2210. The minimum Gasteiger partial charge on any atom is -0.313 e. The molecule has 0 bridgehead atoms. The molecule has 224 valence electrons. The van der Waals surface area contributed by atoms with Crippen molar-refractivity contribution < 1.29 is 0 Å². The fourth-order valence-electron chi connectivity index (χ4n) is 6.63. The Morgan fingerprint density at radius 2 is 1.24 bits per heavy atom. The summed E-state index contributed by atoms with van der Waals surface area (Å²) in [6, 6.07) is 35.9. The van der Waals surface area contributed by atoms with Gasteiger partial charge in [0.05, 0.1) is 11.4 Å². The van der Waals surface area contributed by atoms with Crippen LogP contribution in [0.2, 0.25) is 0 Å². The standard InChI is InChI=1S/C44H38N2/c1-5-7-12-35(6-2)45(37-23-15-31(3)16-24-37)41-29-21-33-20-28-40-42(30-22-34-19-27-39(41)43(33)44(34)40)46(36-13-10-8-9-11-14-36)38-25-17-32(4)18-26-38/h5-13,15-30H,1,14H2,2-4H3/b12-7-,35-6+. The molecule has 2 nitrogen and oxygen atoms in total. The van der Waals surface area contributed by atoms with Crippen LogP contribution < -0.4 is 9.80 Å². The molecule has 2 heteroatoms. The largest absolute Gasteiger partial charge is 0.313 e. The van der Waals surface area contributed by atoms with Gasteiger partial charge in [-0.05, 0) is 90.9 Å². The van der Waals surface area contributed by atoms with Crippen LogP contribution in [0.1, 0.15) is 24.5 Å². The van der Waals surface area contributed by atoms with E-state index in [0.717, 1.165) is 29.2 Å². The second kappa shape index (κ2) is 12.4. The van der Waals surface area contributed by atoms with Gasteiger partial charge in [-0.3, -0.25) is 0 Å². The summed E-state index contributed by atoms with van der Waals surface area (Å²) < 4.78 is 0. The van der Waals surface area contributed by atoms with Gasteiger partial charge in [0.1, 0.15) is 0 Å². The molecule has 7 rings (SSSR count). The molecule has 1 aliphatic rings. The zero-order chi connectivity index (χ0) is 31.6. The maximum absolute atomic E-state index is 3.93. The molecule has 0 aliphatic heterocycles. The molecule has 0 N–H and O–H groups in total. The lowest BCUT2D eigenvalue weighted by Crippen LogP contribution is -2.17. The van der Waals surface area contributed by atoms with Crippen LogP contribution >= 0.6 is 0 Å². The Kier molecular flexibility index (Phi) is 7.86. The summed E-state index contributed by atoms with van der Waals surface area (Å²) >= 11 is 0. The topological polar surface area (TPSA) is 6.48 Å². The van der Waals surface area contributed by atoms with Crippen LogP contribution in [0.4, 0.5) is 22.7 Å². The van der Waals surface area contributed by atoms with Crippen LogP contribution in [-0.2, 0) is 0 Å². The van der Waals surface area contributed by atoms with Crippen LogP contribution in [0, 0.1) is 13.8 Å². The molecule has 0 amide bonds. The molecule has 0 radical (unpaired) electrons. The van der Waals surface area contributed by atoms with E-state index < -0.39 is 0 Å². The lowest BCUT2D eigenvalue weighted by atomic mass is 9.91. The van der Waals surface area contributed by atoms with Crippen molar-refractivity contribution in [2.24, 2.45) is 0 Å². The van der Waals surface area contributed by atoms with Crippen molar-refractivity contribution in [3.63, 3.8) is 0 Å². The van der Waals surface area contributed by atoms with Crippen LogP contribution in [0.25, 0.3) is 32.3 Å². The Balaban J connectivity index is 1.50. The molecule has 0 saturated carbocycles. The van der Waals surface area contributed by atoms with E-state index in [0.29, 0.717) is 0 Å². The van der Waals surface area contributed by atoms with Crippen molar-refractivity contribution in [3.8, 4) is 0 Å². The summed E-state index contributed by atoms with van der Waals surface area (Å²) in [6.45, 7) is 10.3. The lowest BCUT2D eigenvalue weighted by Gasteiger charge is -2.30. The molecular weight excluding hydrogens is 556 g/mol. The Morgan fingerprint density at radius 1 is 0.652 bits per heavy atom. The minimum atomic E-state index is 0.850. The first-order chi connectivity index (χ1) is 22.6. The second-order valence-electron chi connectivity index (χ2n) is 11.9. The Hall–Kier alpha value is -5.60. The van der Waals surface area contributed by atoms with E-state index in [1.807, 2.05) is 12.2 Å². The Labute approximate surface area is 272 Å². The number of hydrogen-bond donors (Lipinski definition) is 0. The minimum absolute atomic E-state index is 0.850. The average molecular weight is 595 g/mol. The highest BCUT2D eigenvalue weighted by Gasteiger charge is 2.22. The maximum Gasteiger partial charge on any atom is 0.0540 e. The first-order valence-electron chi connectivity index (χ1n) is 16.0. The molecule has 0 saturated heterocycles. The molecule has 0 heterocycles. The van der Waals surface area contributed by atoms with E-state index in [-0.39, 0.29) is 0 Å². The highest BCUT2D eigenvalue weighted by atomic mass is 15.2. The van der Waals surface area contributed by atoms with Gasteiger partial charge in [-0.1, -0.05) is 121 Å². The van der Waals surface area contributed by atoms with Gasteiger partial charge < -0.3 is 9.80 Å². The highest BCUT2D eigenvalue weighted by Crippen LogP contribution is 2.46. The van der Waals surface area contributed by atoms with Gasteiger partial charge in [-0.25, -0.2) is 0 Å². The summed E-state index contributed by atoms with van der Waals surface area (Å²) in [5, 5.41) is 7.52. The summed E-state index contributed by atoms with van der Waals surface area (Å²) in [5.41, 5.74) is 9.43. The van der Waals surface area contributed by atoms with Crippen molar-refractivity contribution in [1.82, 2.24) is 0 Å². The number of anilines is 4. The molecule has 0 unspecified atom stereocenters. The molecule has 0 spiro atoms. The molecule has 0 atom stereocenters. The van der Waals surface area contributed by atoms with E-state index in [2.05, 4.69) is 177 Å². The molecular formula is C44H38N2. The van der Waals surface area contributed by atoms with Gasteiger partial charge in [0.15, 0.2) is 0 Å². The van der Waals surface area contributed by atoms with Crippen molar-refractivity contribution in [2.75, 3.05) is 9.80 Å². The maximum atomic E-state index is 3.93. The summed E-state index contributed by atoms with van der Waals surface area (Å²) in [6.07, 6.45) is 19.8. The van der Waals surface area contributed by atoms with Crippen molar-refractivity contribution >= 4 is 55.1 Å². The van der Waals surface area contributed by atoms with Crippen molar-refractivity contribution in [3.05, 3.63) is 181 Å². The van der Waals surface area contributed by atoms with Crippen LogP contribution in [-0.4, -0.2) is 0 Å². The van der Waals surface area contributed by atoms with Crippen LogP contribution in [0.5, 0.6) is 0 Å².